The minimum atomic E-state index is -1.32. The Kier molecular flexibility index (Phi) is 20.3. The van der Waals surface area contributed by atoms with Gasteiger partial charge in [-0.3, -0.25) is 43.3 Å². The number of amides is 8. The molecule has 2 aromatic carbocycles. The number of aromatic amines is 2. The summed E-state index contributed by atoms with van der Waals surface area (Å²) in [6.07, 6.45) is 6.49. The molecular formula is C45H62N14O8. The second-order valence-corrected chi connectivity index (χ2v) is 16.0. The van der Waals surface area contributed by atoms with Crippen LogP contribution in [0.4, 0.5) is 0 Å². The predicted octanol–water partition coefficient (Wildman–Crippen LogP) is -1.29. The number of hydrogen-bond donors (Lipinski definition) is 12. The van der Waals surface area contributed by atoms with E-state index in [1.807, 2.05) is 31.2 Å². The second kappa shape index (κ2) is 26.2. The molecule has 0 spiro atoms. The molecule has 0 saturated carbocycles. The van der Waals surface area contributed by atoms with Gasteiger partial charge in [0.25, 0.3) is 0 Å². The first kappa shape index (κ1) is 51.9. The fraction of sp³-hybridized carbons (Fsp3) is 0.422. The average Bonchev–Trinajstić information content (AvgIpc) is 3.97. The van der Waals surface area contributed by atoms with E-state index >= 15 is 0 Å². The number of H-pyrrole nitrogens is 2. The number of para-hydroxylation sites is 1. The van der Waals surface area contributed by atoms with Crippen molar-refractivity contribution >= 4 is 64.1 Å². The van der Waals surface area contributed by atoms with Crippen LogP contribution in [0.1, 0.15) is 69.7 Å². The molecule has 2 unspecified atom stereocenters. The van der Waals surface area contributed by atoms with Crippen molar-refractivity contribution in [3.63, 3.8) is 0 Å². The third-order valence-corrected chi connectivity index (χ3v) is 10.6. The van der Waals surface area contributed by atoms with Gasteiger partial charge in [-0.2, -0.15) is 0 Å². The third-order valence-electron chi connectivity index (χ3n) is 10.6. The van der Waals surface area contributed by atoms with Crippen molar-refractivity contribution in [1.29, 1.82) is 0 Å². The smallest absolute Gasteiger partial charge is 0.243 e. The molecule has 0 aliphatic carbocycles. The Morgan fingerprint density at radius 3 is 1.96 bits per heavy atom. The maximum Gasteiger partial charge on any atom is 0.243 e. The molecule has 0 aliphatic heterocycles. The molecule has 15 N–H and O–H groups in total. The van der Waals surface area contributed by atoms with Crippen LogP contribution in [-0.2, 0) is 57.6 Å². The largest absolute Gasteiger partial charge is 0.370 e. The number of aromatic nitrogens is 3. The lowest BCUT2D eigenvalue weighted by atomic mass is 10.0. The number of guanidine groups is 1. The highest BCUT2D eigenvalue weighted by Gasteiger charge is 2.32. The van der Waals surface area contributed by atoms with Crippen LogP contribution >= 0.6 is 0 Å². The summed E-state index contributed by atoms with van der Waals surface area (Å²) in [5, 5.41) is 19.2. The standard InChI is InChI=1S/C45H62N14O8/c1-4-5-15-33(55-27(3)60)41(64)52-24-38(61)56-37(21-30-23-49-25-53-30)44(67)59-36(19-28-12-7-6-8-13-28)43(66)57-34(17-11-18-50-45(47)48)42(65)54-26(2)40(63)58-35(39(46)62)20-29-22-51-32-16-10-9-14-31(29)32/h6-10,12-14,16,22-23,25-26,33-37,51H,4-5,11,15,17-21,24H2,1-3H3,(H2,46,62)(H,49,53)(H,52,64)(H,54,65)(H,55,60)(H,56,61)(H,57,66)(H,58,63)(H,59,67)(H4,47,48,50)/t26?,33-,34-,35-,36?,37-/m0/s1. The second-order valence-electron chi connectivity index (χ2n) is 16.0. The summed E-state index contributed by atoms with van der Waals surface area (Å²) in [5.74, 6) is -5.72. The highest BCUT2D eigenvalue weighted by molar-refractivity contribution is 5.97. The Bertz CT molecular complexity index is 2330. The van der Waals surface area contributed by atoms with E-state index in [1.54, 1.807) is 36.5 Å². The number of carbonyl (C=O) groups excluding carboxylic acids is 8. The van der Waals surface area contributed by atoms with E-state index in [4.69, 9.17) is 17.2 Å². The Morgan fingerprint density at radius 2 is 1.30 bits per heavy atom. The van der Waals surface area contributed by atoms with Gasteiger partial charge in [-0.1, -0.05) is 68.3 Å². The van der Waals surface area contributed by atoms with E-state index in [2.05, 4.69) is 57.2 Å². The number of primary amides is 1. The van der Waals surface area contributed by atoms with Crippen LogP contribution in [0, 0.1) is 0 Å². The molecule has 2 heterocycles. The fourth-order valence-corrected chi connectivity index (χ4v) is 7.08. The zero-order valence-electron chi connectivity index (χ0n) is 37.9. The van der Waals surface area contributed by atoms with Crippen molar-refractivity contribution in [2.75, 3.05) is 13.1 Å². The number of unbranched alkanes of at least 4 members (excludes halogenated alkanes) is 1. The summed E-state index contributed by atoms with van der Waals surface area (Å²) >= 11 is 0. The van der Waals surface area contributed by atoms with Gasteiger partial charge in [-0.15, -0.1) is 0 Å². The van der Waals surface area contributed by atoms with Crippen LogP contribution in [0.5, 0.6) is 0 Å². The average molecular weight is 927 g/mol. The van der Waals surface area contributed by atoms with E-state index < -0.39 is 90.1 Å². The van der Waals surface area contributed by atoms with E-state index in [1.165, 1.54) is 26.4 Å². The Hall–Kier alpha value is -7.78. The van der Waals surface area contributed by atoms with Gasteiger partial charge >= 0.3 is 0 Å². The summed E-state index contributed by atoms with van der Waals surface area (Å²) in [5.41, 5.74) is 19.4. The van der Waals surface area contributed by atoms with Crippen molar-refractivity contribution < 1.29 is 38.4 Å². The van der Waals surface area contributed by atoms with Crippen molar-refractivity contribution in [3.05, 3.63) is 90.1 Å². The van der Waals surface area contributed by atoms with E-state index in [0.717, 1.165) is 22.9 Å². The Balaban J connectivity index is 1.51. The minimum absolute atomic E-state index is 0.00929. The number of carbonyl (C=O) groups is 8. The number of nitrogens with two attached hydrogens (primary N) is 3. The molecule has 2 aromatic heterocycles. The van der Waals surface area contributed by atoms with Gasteiger partial charge in [0.15, 0.2) is 5.96 Å². The van der Waals surface area contributed by atoms with Crippen LogP contribution in [-0.4, -0.2) is 118 Å². The quantitative estimate of drug-likeness (QED) is 0.0190. The summed E-state index contributed by atoms with van der Waals surface area (Å²) < 4.78 is 0. The lowest BCUT2D eigenvalue weighted by molar-refractivity contribution is -0.135. The van der Waals surface area contributed by atoms with E-state index in [-0.39, 0.29) is 44.6 Å². The molecule has 0 radical (unpaired) electrons. The first-order valence-electron chi connectivity index (χ1n) is 22.0. The molecule has 8 amide bonds. The Morgan fingerprint density at radius 1 is 0.672 bits per heavy atom. The maximum absolute atomic E-state index is 14.3. The maximum atomic E-state index is 14.3. The lowest BCUT2D eigenvalue weighted by Gasteiger charge is -2.26. The molecule has 6 atom stereocenters. The lowest BCUT2D eigenvalue weighted by Crippen LogP contribution is -2.59. The summed E-state index contributed by atoms with van der Waals surface area (Å²) in [6.45, 7) is 4.19. The predicted molar refractivity (Wildman–Crippen MR) is 249 cm³/mol. The number of nitrogens with one attached hydrogen (secondary N) is 9. The summed E-state index contributed by atoms with van der Waals surface area (Å²) in [4.78, 5) is 120. The van der Waals surface area contributed by atoms with Crippen LogP contribution in [0.3, 0.4) is 0 Å². The van der Waals surface area contributed by atoms with Gasteiger partial charge in [-0.05, 0) is 43.4 Å². The van der Waals surface area contributed by atoms with Crippen LogP contribution in [0.25, 0.3) is 10.9 Å². The number of aliphatic imine (C=N–C) groups is 1. The van der Waals surface area contributed by atoms with Gasteiger partial charge in [-0.25, -0.2) is 4.98 Å². The van der Waals surface area contributed by atoms with Gasteiger partial charge in [0, 0.05) is 61.7 Å². The number of rotatable bonds is 27. The number of fused-ring (bicyclic) bond motifs is 1. The molecule has 22 nitrogen and oxygen atoms in total. The molecule has 67 heavy (non-hydrogen) atoms. The molecule has 4 rings (SSSR count). The van der Waals surface area contributed by atoms with Gasteiger partial charge in [0.05, 0.1) is 12.9 Å². The normalized spacial score (nSPS) is 13.6. The molecule has 0 fully saturated rings. The van der Waals surface area contributed by atoms with Crippen molar-refractivity contribution in [2.45, 2.75) is 108 Å². The first-order valence-corrected chi connectivity index (χ1v) is 22.0. The molecule has 0 saturated heterocycles. The molecule has 360 valence electrons. The number of hydrogen-bond acceptors (Lipinski definition) is 10. The molecule has 22 heteroatoms. The van der Waals surface area contributed by atoms with Crippen molar-refractivity contribution in [3.8, 4) is 0 Å². The van der Waals surface area contributed by atoms with Crippen LogP contribution in [0.15, 0.2) is 78.3 Å². The number of nitrogens with zero attached hydrogens (tertiary/aromatic N) is 2. The van der Waals surface area contributed by atoms with Gasteiger partial charge in [0.1, 0.15) is 36.3 Å². The van der Waals surface area contributed by atoms with Crippen LogP contribution < -0.4 is 54.4 Å². The van der Waals surface area contributed by atoms with E-state index in [0.29, 0.717) is 24.1 Å². The topological polar surface area (TPSA) is 356 Å². The van der Waals surface area contributed by atoms with Crippen LogP contribution in [0.2, 0.25) is 0 Å². The molecule has 4 aromatic rings. The monoisotopic (exact) mass is 926 g/mol. The first-order chi connectivity index (χ1) is 32.0. The van der Waals surface area contributed by atoms with Gasteiger partial charge < -0.3 is 64.4 Å². The molecule has 0 aliphatic rings. The highest BCUT2D eigenvalue weighted by atomic mass is 16.2. The highest BCUT2D eigenvalue weighted by Crippen LogP contribution is 2.19. The van der Waals surface area contributed by atoms with Gasteiger partial charge in [0.2, 0.25) is 47.3 Å². The summed E-state index contributed by atoms with van der Waals surface area (Å²) in [6, 6.07) is 9.09. The molecule has 0 bridgehead atoms. The number of benzene rings is 2. The Labute approximate surface area is 387 Å². The SMILES string of the molecule is CCCC[C@H](NC(C)=O)C(=O)NCC(=O)N[C@@H](Cc1cnc[nH]1)C(=O)NC(Cc1ccccc1)C(=O)N[C@@H](CCCN=C(N)N)C(=O)NC(C)C(=O)N[C@@H](Cc1c[nH]c2ccccc12)C(N)=O. The van der Waals surface area contributed by atoms with E-state index in [9.17, 15) is 38.4 Å². The third kappa shape index (κ3) is 17.3. The summed E-state index contributed by atoms with van der Waals surface area (Å²) in [7, 11) is 0. The minimum Gasteiger partial charge on any atom is -0.370 e. The zero-order chi connectivity index (χ0) is 48.9. The zero-order valence-corrected chi connectivity index (χ0v) is 37.9. The molecular weight excluding hydrogens is 865 g/mol. The number of imidazole rings is 1. The fourth-order valence-electron chi connectivity index (χ4n) is 7.08. The van der Waals surface area contributed by atoms with Crippen molar-refractivity contribution in [2.24, 2.45) is 22.2 Å². The van der Waals surface area contributed by atoms with Crippen molar-refractivity contribution in [1.82, 2.24) is 52.2 Å².